The molecule has 0 unspecified atom stereocenters. The van der Waals surface area contributed by atoms with Crippen LogP contribution in [0.25, 0.3) is 0 Å². The maximum absolute atomic E-state index is 12.5. The van der Waals surface area contributed by atoms with Gasteiger partial charge in [-0.05, 0) is 25.3 Å². The largest absolute Gasteiger partial charge is 0.391 e. The summed E-state index contributed by atoms with van der Waals surface area (Å²) in [5, 5.41) is 6.70. The van der Waals surface area contributed by atoms with E-state index in [0.717, 1.165) is 24.9 Å². The molecule has 2 atom stereocenters. The minimum atomic E-state index is -0.183. The van der Waals surface area contributed by atoms with E-state index in [2.05, 4.69) is 10.5 Å². The van der Waals surface area contributed by atoms with Crippen molar-refractivity contribution in [3.63, 3.8) is 0 Å². The third kappa shape index (κ3) is 4.13. The Morgan fingerprint density at radius 2 is 2.12 bits per heavy atom. The highest BCUT2D eigenvalue weighted by atomic mass is 16.6. The summed E-state index contributed by atoms with van der Waals surface area (Å²) in [6, 6.07) is 9.70. The Hall–Kier alpha value is -2.37. The summed E-state index contributed by atoms with van der Waals surface area (Å²) in [5.41, 5.74) is 1.00. The molecule has 0 aliphatic carbocycles. The van der Waals surface area contributed by atoms with E-state index in [9.17, 15) is 9.59 Å². The topological polar surface area (TPSA) is 71.0 Å². The number of carbonyl (C=O) groups excluding carboxylic acids is 2. The molecule has 1 saturated heterocycles. The van der Waals surface area contributed by atoms with Gasteiger partial charge >= 0.3 is 0 Å². The first-order chi connectivity index (χ1) is 11.6. The lowest BCUT2D eigenvalue weighted by molar-refractivity contribution is -0.134. The van der Waals surface area contributed by atoms with Crippen LogP contribution in [0.5, 0.6) is 0 Å². The molecule has 0 bridgehead atoms. The van der Waals surface area contributed by atoms with Crippen molar-refractivity contribution in [2.24, 2.45) is 11.1 Å². The van der Waals surface area contributed by atoms with Gasteiger partial charge in [0.05, 0.1) is 12.3 Å². The van der Waals surface area contributed by atoms with E-state index in [0.29, 0.717) is 25.2 Å². The lowest BCUT2D eigenvalue weighted by Crippen LogP contribution is -2.47. The second-order valence-electron chi connectivity index (χ2n) is 6.49. The van der Waals surface area contributed by atoms with Crippen molar-refractivity contribution >= 4 is 17.6 Å². The summed E-state index contributed by atoms with van der Waals surface area (Å²) in [6.45, 7) is 3.10. The molecule has 24 heavy (non-hydrogen) atoms. The van der Waals surface area contributed by atoms with Gasteiger partial charge in [-0.2, -0.15) is 0 Å². The van der Waals surface area contributed by atoms with Crippen LogP contribution < -0.4 is 5.32 Å². The molecule has 128 valence electrons. The molecule has 0 spiro atoms. The molecule has 0 saturated carbocycles. The molecule has 0 radical (unpaired) electrons. The average Bonchev–Trinajstić information content (AvgIpc) is 3.00. The van der Waals surface area contributed by atoms with Crippen LogP contribution in [0.4, 0.5) is 0 Å². The fourth-order valence-corrected chi connectivity index (χ4v) is 3.12. The maximum Gasteiger partial charge on any atom is 0.230 e. The summed E-state index contributed by atoms with van der Waals surface area (Å²) in [5.74, 6) is 0.412. The molecule has 1 N–H and O–H groups in total. The van der Waals surface area contributed by atoms with Gasteiger partial charge < -0.3 is 15.1 Å². The SMILES string of the molecule is C[C@H]1CC(NC(=O)[C@H]2CCCN(C(=O)Cc3ccccc3)C2)=NO1. The average molecular weight is 329 g/mol. The third-order valence-corrected chi connectivity index (χ3v) is 4.43. The number of carbonyl (C=O) groups is 2. The van der Waals surface area contributed by atoms with E-state index in [1.165, 1.54) is 0 Å². The highest BCUT2D eigenvalue weighted by Gasteiger charge is 2.30. The number of amides is 2. The molecule has 6 nitrogen and oxygen atoms in total. The Morgan fingerprint density at radius 3 is 2.83 bits per heavy atom. The molecule has 0 aromatic heterocycles. The Morgan fingerprint density at radius 1 is 1.33 bits per heavy atom. The highest BCUT2D eigenvalue weighted by Crippen LogP contribution is 2.18. The number of oxime groups is 1. The van der Waals surface area contributed by atoms with E-state index in [1.54, 1.807) is 4.90 Å². The molecular weight excluding hydrogens is 306 g/mol. The van der Waals surface area contributed by atoms with Gasteiger partial charge in [-0.15, -0.1) is 0 Å². The molecular formula is C18H23N3O3. The summed E-state index contributed by atoms with van der Waals surface area (Å²) in [7, 11) is 0. The van der Waals surface area contributed by atoms with Crippen molar-refractivity contribution < 1.29 is 14.4 Å². The van der Waals surface area contributed by atoms with Crippen LogP contribution in [0.15, 0.2) is 35.5 Å². The Bertz CT molecular complexity index is 630. The monoisotopic (exact) mass is 329 g/mol. The van der Waals surface area contributed by atoms with Crippen molar-refractivity contribution in [2.75, 3.05) is 13.1 Å². The first-order valence-corrected chi connectivity index (χ1v) is 8.47. The van der Waals surface area contributed by atoms with E-state index < -0.39 is 0 Å². The molecule has 1 aromatic carbocycles. The molecule has 2 heterocycles. The normalized spacial score (nSPS) is 23.4. The molecule has 1 aromatic rings. The van der Waals surface area contributed by atoms with Crippen molar-refractivity contribution in [1.82, 2.24) is 10.2 Å². The maximum atomic E-state index is 12.5. The summed E-state index contributed by atoms with van der Waals surface area (Å²) >= 11 is 0. The zero-order valence-corrected chi connectivity index (χ0v) is 13.9. The van der Waals surface area contributed by atoms with Crippen molar-refractivity contribution in [1.29, 1.82) is 0 Å². The number of nitrogens with one attached hydrogen (secondary N) is 1. The zero-order valence-electron chi connectivity index (χ0n) is 13.9. The minimum Gasteiger partial charge on any atom is -0.391 e. The zero-order chi connectivity index (χ0) is 16.9. The number of nitrogens with zero attached hydrogens (tertiary/aromatic N) is 2. The van der Waals surface area contributed by atoms with Crippen LogP contribution in [0.3, 0.4) is 0 Å². The van der Waals surface area contributed by atoms with Gasteiger partial charge in [0.2, 0.25) is 11.8 Å². The number of amidine groups is 1. The van der Waals surface area contributed by atoms with E-state index >= 15 is 0 Å². The number of piperidine rings is 1. The van der Waals surface area contributed by atoms with Gasteiger partial charge in [-0.1, -0.05) is 35.5 Å². The van der Waals surface area contributed by atoms with E-state index in [1.807, 2.05) is 37.3 Å². The van der Waals surface area contributed by atoms with Crippen molar-refractivity contribution in [3.8, 4) is 0 Å². The number of hydrogen-bond donors (Lipinski definition) is 1. The fraction of sp³-hybridized carbons (Fsp3) is 0.500. The van der Waals surface area contributed by atoms with Gasteiger partial charge in [-0.25, -0.2) is 0 Å². The molecule has 2 aliphatic heterocycles. The summed E-state index contributed by atoms with van der Waals surface area (Å²) < 4.78 is 0. The molecule has 2 aliphatic rings. The van der Waals surface area contributed by atoms with Crippen LogP contribution in [0.2, 0.25) is 0 Å². The molecule has 1 fully saturated rings. The number of hydrogen-bond acceptors (Lipinski definition) is 4. The van der Waals surface area contributed by atoms with Crippen LogP contribution in [0.1, 0.15) is 31.7 Å². The second-order valence-corrected chi connectivity index (χ2v) is 6.49. The predicted molar refractivity (Wildman–Crippen MR) is 90.2 cm³/mol. The first-order valence-electron chi connectivity index (χ1n) is 8.47. The number of likely N-dealkylation sites (tertiary alicyclic amines) is 1. The van der Waals surface area contributed by atoms with Crippen LogP contribution >= 0.6 is 0 Å². The van der Waals surface area contributed by atoms with Gasteiger partial charge in [0.25, 0.3) is 0 Å². The van der Waals surface area contributed by atoms with Crippen LogP contribution in [-0.2, 0) is 20.8 Å². The van der Waals surface area contributed by atoms with Gasteiger partial charge in [0.15, 0.2) is 5.84 Å². The first kappa shape index (κ1) is 16.5. The molecule has 6 heteroatoms. The van der Waals surface area contributed by atoms with E-state index in [-0.39, 0.29) is 23.8 Å². The predicted octanol–water partition coefficient (Wildman–Crippen LogP) is 1.71. The van der Waals surface area contributed by atoms with Crippen LogP contribution in [-0.4, -0.2) is 41.7 Å². The lowest BCUT2D eigenvalue weighted by Gasteiger charge is -2.32. The van der Waals surface area contributed by atoms with Gasteiger partial charge in [0, 0.05) is 19.5 Å². The Kier molecular flexibility index (Phi) is 5.13. The number of rotatable bonds is 3. The van der Waals surface area contributed by atoms with Crippen LogP contribution in [0, 0.1) is 5.92 Å². The highest BCUT2D eigenvalue weighted by molar-refractivity contribution is 5.99. The third-order valence-electron chi connectivity index (χ3n) is 4.43. The smallest absolute Gasteiger partial charge is 0.230 e. The second kappa shape index (κ2) is 7.47. The van der Waals surface area contributed by atoms with Crippen molar-refractivity contribution in [2.45, 2.75) is 38.7 Å². The van der Waals surface area contributed by atoms with Gasteiger partial charge in [0.1, 0.15) is 6.10 Å². The molecule has 3 rings (SSSR count). The van der Waals surface area contributed by atoms with Gasteiger partial charge in [-0.3, -0.25) is 9.59 Å². The standard InChI is InChI=1S/C18H23N3O3/c1-13-10-16(20-24-13)19-18(23)15-8-5-9-21(12-15)17(22)11-14-6-3-2-4-7-14/h2-4,6-7,13,15H,5,8-12H2,1H3,(H,19,20,23)/t13-,15-/m0/s1. The molecule has 2 amide bonds. The Labute approximate surface area is 141 Å². The summed E-state index contributed by atoms with van der Waals surface area (Å²) in [4.78, 5) is 31.8. The van der Waals surface area contributed by atoms with E-state index in [4.69, 9.17) is 4.84 Å². The van der Waals surface area contributed by atoms with Crippen molar-refractivity contribution in [3.05, 3.63) is 35.9 Å². The lowest BCUT2D eigenvalue weighted by atomic mass is 9.96. The number of benzene rings is 1. The fourth-order valence-electron chi connectivity index (χ4n) is 3.12. The minimum absolute atomic E-state index is 0.00982. The summed E-state index contributed by atoms with van der Waals surface area (Å²) in [6.07, 6.45) is 2.65. The Balaban J connectivity index is 1.53. The quantitative estimate of drug-likeness (QED) is 0.917.